The molecule has 0 unspecified atom stereocenters. The van der Waals surface area contributed by atoms with Gasteiger partial charge in [0.05, 0.1) is 17.3 Å². The Morgan fingerprint density at radius 3 is 2.82 bits per heavy atom. The van der Waals surface area contributed by atoms with E-state index in [4.69, 9.17) is 11.6 Å². The average molecular weight is 404 g/mol. The van der Waals surface area contributed by atoms with Crippen molar-refractivity contribution < 1.29 is 9.18 Å². The molecule has 0 amide bonds. The van der Waals surface area contributed by atoms with Gasteiger partial charge in [0.15, 0.2) is 23.2 Å². The van der Waals surface area contributed by atoms with E-state index in [0.29, 0.717) is 34.4 Å². The number of H-pyrrole nitrogens is 1. The zero-order valence-electron chi connectivity index (χ0n) is 16.1. The standard InChI is InChI=1S/C20H23ClFN5O/c1-11(2)5-4-6-17(28)12(3)26-20-16(22)10-25-19(27-20)15-9-24-18-14(15)7-13(21)8-23-18/h7-12H,4-6H2,1-3H3,(H,23,24)(H,25,26,27)/t12-/m0/s1. The van der Waals surface area contributed by atoms with Crippen molar-refractivity contribution in [3.8, 4) is 11.4 Å². The van der Waals surface area contributed by atoms with Crippen molar-refractivity contribution in [1.82, 2.24) is 19.9 Å². The van der Waals surface area contributed by atoms with Crippen LogP contribution in [-0.4, -0.2) is 31.8 Å². The molecule has 0 aliphatic rings. The minimum absolute atomic E-state index is 0.000883. The van der Waals surface area contributed by atoms with E-state index in [9.17, 15) is 9.18 Å². The topological polar surface area (TPSA) is 83.6 Å². The fourth-order valence-corrected chi connectivity index (χ4v) is 3.11. The zero-order chi connectivity index (χ0) is 20.3. The first-order valence-electron chi connectivity index (χ1n) is 9.30. The van der Waals surface area contributed by atoms with Crippen LogP contribution in [0.15, 0.2) is 24.7 Å². The minimum atomic E-state index is -0.610. The van der Waals surface area contributed by atoms with Crippen molar-refractivity contribution in [2.24, 2.45) is 5.92 Å². The summed E-state index contributed by atoms with van der Waals surface area (Å²) in [6.45, 7) is 5.96. The van der Waals surface area contributed by atoms with Crippen LogP contribution in [0.5, 0.6) is 0 Å². The molecule has 8 heteroatoms. The third-order valence-corrected chi connectivity index (χ3v) is 4.73. The van der Waals surface area contributed by atoms with Crippen molar-refractivity contribution in [3.63, 3.8) is 0 Å². The maximum atomic E-state index is 14.2. The monoisotopic (exact) mass is 403 g/mol. The molecule has 6 nitrogen and oxygen atoms in total. The van der Waals surface area contributed by atoms with Gasteiger partial charge >= 0.3 is 0 Å². The summed E-state index contributed by atoms with van der Waals surface area (Å²) in [5.74, 6) is 0.291. The van der Waals surface area contributed by atoms with E-state index in [1.165, 1.54) is 6.20 Å². The van der Waals surface area contributed by atoms with Crippen LogP contribution in [0.4, 0.5) is 10.2 Å². The summed E-state index contributed by atoms with van der Waals surface area (Å²) >= 11 is 6.03. The number of nitrogens with zero attached hydrogens (tertiary/aromatic N) is 3. The highest BCUT2D eigenvalue weighted by molar-refractivity contribution is 6.31. The van der Waals surface area contributed by atoms with Gasteiger partial charge in [0.25, 0.3) is 0 Å². The first-order valence-corrected chi connectivity index (χ1v) is 9.67. The maximum absolute atomic E-state index is 14.2. The molecule has 28 heavy (non-hydrogen) atoms. The Bertz CT molecular complexity index is 988. The molecule has 3 heterocycles. The lowest BCUT2D eigenvalue weighted by molar-refractivity contribution is -0.119. The summed E-state index contributed by atoms with van der Waals surface area (Å²) in [5, 5.41) is 4.10. The van der Waals surface area contributed by atoms with Crippen LogP contribution in [-0.2, 0) is 4.79 Å². The van der Waals surface area contributed by atoms with E-state index < -0.39 is 11.9 Å². The summed E-state index contributed by atoms with van der Waals surface area (Å²) in [6, 6.07) is 1.21. The van der Waals surface area contributed by atoms with E-state index in [1.807, 2.05) is 0 Å². The number of nitrogens with one attached hydrogen (secondary N) is 2. The molecule has 0 aromatic carbocycles. The number of hydrogen-bond acceptors (Lipinski definition) is 5. The highest BCUT2D eigenvalue weighted by Crippen LogP contribution is 2.28. The number of fused-ring (bicyclic) bond motifs is 1. The van der Waals surface area contributed by atoms with Crippen molar-refractivity contribution >= 4 is 34.2 Å². The van der Waals surface area contributed by atoms with Crippen molar-refractivity contribution in [2.45, 2.75) is 46.1 Å². The van der Waals surface area contributed by atoms with Crippen LogP contribution in [0, 0.1) is 11.7 Å². The van der Waals surface area contributed by atoms with Crippen LogP contribution in [0.1, 0.15) is 40.0 Å². The van der Waals surface area contributed by atoms with Gasteiger partial charge in [0, 0.05) is 29.8 Å². The van der Waals surface area contributed by atoms with Gasteiger partial charge in [-0.15, -0.1) is 0 Å². The van der Waals surface area contributed by atoms with E-state index in [2.05, 4.69) is 39.1 Å². The molecule has 148 valence electrons. The number of carbonyl (C=O) groups is 1. The molecule has 0 saturated heterocycles. The van der Waals surface area contributed by atoms with Crippen LogP contribution >= 0.6 is 11.6 Å². The first-order chi connectivity index (χ1) is 13.3. The Kier molecular flexibility index (Phi) is 6.24. The number of aromatic nitrogens is 4. The quantitative estimate of drug-likeness (QED) is 0.552. The molecule has 0 aliphatic heterocycles. The average Bonchev–Trinajstić information content (AvgIpc) is 3.06. The second-order valence-electron chi connectivity index (χ2n) is 7.26. The SMILES string of the molecule is CC(C)CCCC(=O)[C@H](C)Nc1nc(-c2c[nH]c3ncc(Cl)cc23)ncc1F. The summed E-state index contributed by atoms with van der Waals surface area (Å²) in [6.07, 6.45) is 6.60. The second kappa shape index (κ2) is 8.65. The van der Waals surface area contributed by atoms with Crippen LogP contribution in [0.25, 0.3) is 22.4 Å². The molecule has 0 radical (unpaired) electrons. The Morgan fingerprint density at radius 1 is 1.29 bits per heavy atom. The number of pyridine rings is 1. The first kappa shape index (κ1) is 20.2. The normalized spacial score (nSPS) is 12.5. The molecule has 3 aromatic rings. The second-order valence-corrected chi connectivity index (χ2v) is 7.70. The Hall–Kier alpha value is -2.54. The van der Waals surface area contributed by atoms with Crippen molar-refractivity contribution in [1.29, 1.82) is 0 Å². The van der Waals surface area contributed by atoms with Gasteiger partial charge in [0.1, 0.15) is 5.65 Å². The number of ketones is 1. The largest absolute Gasteiger partial charge is 0.358 e. The van der Waals surface area contributed by atoms with Crippen molar-refractivity contribution in [2.75, 3.05) is 5.32 Å². The smallest absolute Gasteiger partial charge is 0.183 e. The van der Waals surface area contributed by atoms with E-state index in [-0.39, 0.29) is 11.6 Å². The van der Waals surface area contributed by atoms with Gasteiger partial charge in [-0.05, 0) is 25.3 Å². The van der Waals surface area contributed by atoms with E-state index in [0.717, 1.165) is 24.4 Å². The number of hydrogen-bond donors (Lipinski definition) is 2. The third kappa shape index (κ3) is 4.65. The number of anilines is 1. The predicted octanol–water partition coefficient (Wildman–Crippen LogP) is 5.01. The molecular weight excluding hydrogens is 381 g/mol. The Morgan fingerprint density at radius 2 is 2.07 bits per heavy atom. The lowest BCUT2D eigenvalue weighted by Crippen LogP contribution is -2.27. The van der Waals surface area contributed by atoms with Gasteiger partial charge in [-0.25, -0.2) is 19.3 Å². The summed E-state index contributed by atoms with van der Waals surface area (Å²) < 4.78 is 14.2. The number of carbonyl (C=O) groups excluding carboxylic acids is 1. The lowest BCUT2D eigenvalue weighted by atomic mass is 10.0. The predicted molar refractivity (Wildman–Crippen MR) is 109 cm³/mol. The molecule has 0 bridgehead atoms. The summed E-state index contributed by atoms with van der Waals surface area (Å²) in [4.78, 5) is 27.9. The number of aromatic amines is 1. The highest BCUT2D eigenvalue weighted by Gasteiger charge is 2.18. The molecule has 2 N–H and O–H groups in total. The summed E-state index contributed by atoms with van der Waals surface area (Å²) in [7, 11) is 0. The van der Waals surface area contributed by atoms with E-state index in [1.54, 1.807) is 19.2 Å². The van der Waals surface area contributed by atoms with Crippen molar-refractivity contribution in [3.05, 3.63) is 35.5 Å². The fourth-order valence-electron chi connectivity index (χ4n) is 2.95. The van der Waals surface area contributed by atoms with Crippen LogP contribution < -0.4 is 5.32 Å². The van der Waals surface area contributed by atoms with Crippen LogP contribution in [0.3, 0.4) is 0 Å². The highest BCUT2D eigenvalue weighted by atomic mass is 35.5. The van der Waals surface area contributed by atoms with Crippen LogP contribution in [0.2, 0.25) is 5.02 Å². The van der Waals surface area contributed by atoms with Gasteiger partial charge in [-0.3, -0.25) is 4.79 Å². The number of rotatable bonds is 8. The lowest BCUT2D eigenvalue weighted by Gasteiger charge is -2.15. The maximum Gasteiger partial charge on any atom is 0.183 e. The van der Waals surface area contributed by atoms with Gasteiger partial charge in [-0.1, -0.05) is 31.9 Å². The Labute approximate surface area is 168 Å². The molecular formula is C20H23ClFN5O. The fraction of sp³-hybridized carbons (Fsp3) is 0.400. The molecule has 0 fully saturated rings. The molecule has 1 atom stereocenters. The van der Waals surface area contributed by atoms with Gasteiger partial charge in [0.2, 0.25) is 0 Å². The molecule has 0 spiro atoms. The summed E-state index contributed by atoms with van der Waals surface area (Å²) in [5.41, 5.74) is 1.29. The molecule has 0 saturated carbocycles. The van der Waals surface area contributed by atoms with Gasteiger partial charge in [-0.2, -0.15) is 0 Å². The van der Waals surface area contributed by atoms with Gasteiger partial charge < -0.3 is 10.3 Å². The van der Waals surface area contributed by atoms with E-state index >= 15 is 0 Å². The Balaban J connectivity index is 1.79. The molecule has 3 aromatic heterocycles. The zero-order valence-corrected chi connectivity index (χ0v) is 16.8. The molecule has 0 aliphatic carbocycles. The minimum Gasteiger partial charge on any atom is -0.358 e. The number of halogens is 2. The third-order valence-electron chi connectivity index (χ3n) is 4.52. The molecule has 3 rings (SSSR count). The number of Topliss-reactive ketones (excluding diaryl/α,β-unsaturated/α-hetero) is 1.